The van der Waals surface area contributed by atoms with Crippen molar-refractivity contribution in [3.63, 3.8) is 0 Å². The van der Waals surface area contributed by atoms with Crippen molar-refractivity contribution in [2.45, 2.75) is 106 Å². The number of aliphatic hydroxyl groups excluding tert-OH is 6. The normalized spacial score (nSPS) is 41.1. The standard InChI is InChI=1S/C31H42O12/c1-14-9-16(5-7-20(14)40-28-30(3,38)26(36)24(34)22(12-32)42-28)18-11-19(18)17-6-8-21(15(2)10-17)41-29-31(4,39)27(37)25(35)23(13-33)43-29/h5-10,18-19,22-29,32-39H,11-13H2,1-4H3/t18?,19?,22-,23-,24-,25-,26+,27+,28+,29+,30-,31+/m1/s1. The highest BCUT2D eigenvalue weighted by Crippen LogP contribution is 2.55. The molecular weight excluding hydrogens is 564 g/mol. The van der Waals surface area contributed by atoms with Crippen LogP contribution in [0.15, 0.2) is 36.4 Å². The number of aryl methyl sites for hydroxylation is 2. The second-order valence-corrected chi connectivity index (χ2v) is 12.4. The fraction of sp³-hybridized carbons (Fsp3) is 0.613. The van der Waals surface area contributed by atoms with Crippen LogP contribution in [0, 0.1) is 13.8 Å². The van der Waals surface area contributed by atoms with Gasteiger partial charge in [0, 0.05) is 0 Å². The van der Waals surface area contributed by atoms with Crippen molar-refractivity contribution in [1.82, 2.24) is 0 Å². The van der Waals surface area contributed by atoms with E-state index in [0.717, 1.165) is 28.7 Å². The zero-order valence-electron chi connectivity index (χ0n) is 24.6. The van der Waals surface area contributed by atoms with Gasteiger partial charge < -0.3 is 59.8 Å². The molecule has 2 unspecified atom stereocenters. The SMILES string of the molecule is Cc1cc(C2CC2c2ccc(O[C@H]3O[C@H](CO)[C@@H](O)[C@H](O)[C@]3(C)O)c(C)c2)ccc1O[C@H]1O[C@H](CO)[C@@H](O)[C@H](O)[C@@]1(C)O. The molecule has 3 aliphatic rings. The predicted octanol–water partition coefficient (Wildman–Crippen LogP) is -0.288. The van der Waals surface area contributed by atoms with Crippen LogP contribution < -0.4 is 9.47 Å². The number of aliphatic hydroxyl groups is 8. The lowest BCUT2D eigenvalue weighted by atomic mass is 9.88. The first kappa shape index (κ1) is 32.0. The molecule has 2 aromatic carbocycles. The summed E-state index contributed by atoms with van der Waals surface area (Å²) in [5, 5.41) is 81.4. The molecule has 12 heteroatoms. The topological polar surface area (TPSA) is 199 Å². The van der Waals surface area contributed by atoms with Gasteiger partial charge in [-0.1, -0.05) is 24.3 Å². The first-order chi connectivity index (χ1) is 20.2. The summed E-state index contributed by atoms with van der Waals surface area (Å²) in [5.74, 6) is 1.39. The Bertz CT molecular complexity index is 1200. The lowest BCUT2D eigenvalue weighted by molar-refractivity contribution is -0.315. The Morgan fingerprint density at radius 2 is 1.07 bits per heavy atom. The van der Waals surface area contributed by atoms with E-state index < -0.39 is 73.6 Å². The average molecular weight is 607 g/mol. The molecule has 2 saturated heterocycles. The summed E-state index contributed by atoms with van der Waals surface area (Å²) in [4.78, 5) is 0. The number of rotatable bonds is 8. The molecule has 12 atom stereocenters. The van der Waals surface area contributed by atoms with E-state index in [9.17, 15) is 40.9 Å². The van der Waals surface area contributed by atoms with Gasteiger partial charge in [-0.05, 0) is 80.3 Å². The van der Waals surface area contributed by atoms with E-state index in [2.05, 4.69) is 0 Å². The second kappa shape index (κ2) is 11.9. The quantitative estimate of drug-likeness (QED) is 0.196. The molecule has 43 heavy (non-hydrogen) atoms. The van der Waals surface area contributed by atoms with Gasteiger partial charge in [0.25, 0.3) is 0 Å². The Morgan fingerprint density at radius 1 is 0.698 bits per heavy atom. The van der Waals surface area contributed by atoms with E-state index in [0.29, 0.717) is 11.5 Å². The first-order valence-electron chi connectivity index (χ1n) is 14.4. The van der Waals surface area contributed by atoms with Crippen LogP contribution in [-0.4, -0.2) is 114 Å². The summed E-state index contributed by atoms with van der Waals surface area (Å²) in [5.41, 5.74) is -0.0459. The number of ether oxygens (including phenoxy) is 4. The zero-order chi connectivity index (χ0) is 31.4. The molecule has 0 spiro atoms. The maximum absolute atomic E-state index is 10.8. The van der Waals surface area contributed by atoms with Gasteiger partial charge in [-0.3, -0.25) is 0 Å². The number of hydrogen-bond donors (Lipinski definition) is 8. The third-order valence-corrected chi connectivity index (χ3v) is 9.03. The molecule has 1 aliphatic carbocycles. The van der Waals surface area contributed by atoms with Crippen molar-refractivity contribution in [1.29, 1.82) is 0 Å². The molecule has 8 N–H and O–H groups in total. The predicted molar refractivity (Wildman–Crippen MR) is 150 cm³/mol. The van der Waals surface area contributed by atoms with Gasteiger partial charge in [0.15, 0.2) is 11.2 Å². The fourth-order valence-electron chi connectivity index (χ4n) is 5.96. The Hall–Kier alpha value is -2.36. The van der Waals surface area contributed by atoms with Crippen LogP contribution >= 0.6 is 0 Å². The largest absolute Gasteiger partial charge is 0.461 e. The second-order valence-electron chi connectivity index (χ2n) is 12.4. The van der Waals surface area contributed by atoms with Gasteiger partial charge in [-0.15, -0.1) is 0 Å². The molecule has 238 valence electrons. The maximum atomic E-state index is 10.8. The van der Waals surface area contributed by atoms with Gasteiger partial charge in [0.2, 0.25) is 12.6 Å². The van der Waals surface area contributed by atoms with Crippen LogP contribution in [0.5, 0.6) is 11.5 Å². The Morgan fingerprint density at radius 3 is 1.40 bits per heavy atom. The van der Waals surface area contributed by atoms with E-state index in [-0.39, 0.29) is 11.8 Å². The molecule has 5 rings (SSSR count). The van der Waals surface area contributed by atoms with Crippen molar-refractivity contribution in [3.05, 3.63) is 58.7 Å². The smallest absolute Gasteiger partial charge is 0.231 e. The Labute approximate surface area is 249 Å². The molecule has 1 saturated carbocycles. The van der Waals surface area contributed by atoms with E-state index in [1.807, 2.05) is 38.1 Å². The van der Waals surface area contributed by atoms with E-state index in [1.165, 1.54) is 13.8 Å². The molecule has 2 aliphatic heterocycles. The summed E-state index contributed by atoms with van der Waals surface area (Å²) < 4.78 is 22.9. The lowest BCUT2D eigenvalue weighted by Crippen LogP contribution is -2.66. The molecule has 3 fully saturated rings. The number of benzene rings is 2. The molecule has 0 aromatic heterocycles. The molecule has 0 bridgehead atoms. The first-order valence-corrected chi connectivity index (χ1v) is 14.4. The van der Waals surface area contributed by atoms with Crippen LogP contribution in [-0.2, 0) is 9.47 Å². The highest BCUT2D eigenvalue weighted by molar-refractivity contribution is 5.45. The van der Waals surface area contributed by atoms with Crippen molar-refractivity contribution in [3.8, 4) is 11.5 Å². The van der Waals surface area contributed by atoms with Crippen molar-refractivity contribution < 1.29 is 59.8 Å². The third-order valence-electron chi connectivity index (χ3n) is 9.03. The van der Waals surface area contributed by atoms with Crippen LogP contribution in [0.3, 0.4) is 0 Å². The highest BCUT2D eigenvalue weighted by Gasteiger charge is 2.54. The van der Waals surface area contributed by atoms with Crippen LogP contribution in [0.1, 0.15) is 54.4 Å². The van der Waals surface area contributed by atoms with Crippen molar-refractivity contribution in [2.24, 2.45) is 0 Å². The minimum absolute atomic E-state index is 0.257. The zero-order valence-corrected chi connectivity index (χ0v) is 24.6. The summed E-state index contributed by atoms with van der Waals surface area (Å²) >= 11 is 0. The summed E-state index contributed by atoms with van der Waals surface area (Å²) in [6, 6.07) is 11.4. The van der Waals surface area contributed by atoms with Crippen LogP contribution in [0.2, 0.25) is 0 Å². The van der Waals surface area contributed by atoms with Gasteiger partial charge in [0.1, 0.15) is 48.1 Å². The van der Waals surface area contributed by atoms with E-state index in [4.69, 9.17) is 18.9 Å². The molecular formula is C31H42O12. The Balaban J connectivity index is 1.25. The van der Waals surface area contributed by atoms with Gasteiger partial charge in [-0.2, -0.15) is 0 Å². The maximum Gasteiger partial charge on any atom is 0.231 e. The monoisotopic (exact) mass is 606 g/mol. The molecule has 0 radical (unpaired) electrons. The lowest BCUT2D eigenvalue weighted by Gasteiger charge is -2.45. The number of hydrogen-bond acceptors (Lipinski definition) is 12. The highest BCUT2D eigenvalue weighted by atomic mass is 16.7. The van der Waals surface area contributed by atoms with Gasteiger partial charge >= 0.3 is 0 Å². The minimum Gasteiger partial charge on any atom is -0.461 e. The molecule has 0 amide bonds. The Kier molecular flexibility index (Phi) is 8.84. The molecule has 12 nitrogen and oxygen atoms in total. The van der Waals surface area contributed by atoms with E-state index in [1.54, 1.807) is 12.1 Å². The van der Waals surface area contributed by atoms with Crippen LogP contribution in [0.25, 0.3) is 0 Å². The van der Waals surface area contributed by atoms with Gasteiger partial charge in [-0.25, -0.2) is 0 Å². The molecule has 2 heterocycles. The average Bonchev–Trinajstić information content (AvgIpc) is 3.77. The molecule has 2 aromatic rings. The van der Waals surface area contributed by atoms with Crippen LogP contribution in [0.4, 0.5) is 0 Å². The third kappa shape index (κ3) is 5.89. The minimum atomic E-state index is -1.91. The summed E-state index contributed by atoms with van der Waals surface area (Å²) in [6.07, 6.45) is -9.98. The van der Waals surface area contributed by atoms with Gasteiger partial charge in [0.05, 0.1) is 13.2 Å². The van der Waals surface area contributed by atoms with E-state index >= 15 is 0 Å². The fourth-order valence-corrected chi connectivity index (χ4v) is 5.96. The van der Waals surface area contributed by atoms with Crippen molar-refractivity contribution >= 4 is 0 Å². The summed E-state index contributed by atoms with van der Waals surface area (Å²) in [6.45, 7) is 5.24. The summed E-state index contributed by atoms with van der Waals surface area (Å²) in [7, 11) is 0. The van der Waals surface area contributed by atoms with Crippen molar-refractivity contribution in [2.75, 3.05) is 13.2 Å².